The number of likely N-dealkylation sites (tertiary alicyclic amines) is 1. The van der Waals surface area contributed by atoms with Crippen LogP contribution in [-0.4, -0.2) is 45.8 Å². The van der Waals surface area contributed by atoms with Gasteiger partial charge in [0.05, 0.1) is 33.4 Å². The summed E-state index contributed by atoms with van der Waals surface area (Å²) in [6.45, 7) is 5.46. The van der Waals surface area contributed by atoms with Gasteiger partial charge in [0.15, 0.2) is 0 Å². The fraction of sp³-hybridized carbons (Fsp3) is 0.550. The first-order valence-electron chi connectivity index (χ1n) is 9.16. The highest BCUT2D eigenvalue weighted by atomic mass is 16.5. The monoisotopic (exact) mass is 347 g/mol. The van der Waals surface area contributed by atoms with E-state index in [4.69, 9.17) is 9.47 Å². The molecule has 138 valence electrons. The Labute approximate surface area is 151 Å². The Hall–Kier alpha value is -2.01. The maximum absolute atomic E-state index is 12.0. The number of carbonyl (C=O) groups is 1. The first-order chi connectivity index (χ1) is 12.1. The minimum Gasteiger partial charge on any atom is -0.497 e. The molecule has 0 bridgehead atoms. The molecule has 2 rings (SSSR count). The molecule has 2 atom stereocenters. The number of methoxy groups -OCH3 is 2. The normalized spacial score (nSPS) is 20.4. The molecule has 1 aromatic carbocycles. The van der Waals surface area contributed by atoms with Crippen molar-refractivity contribution in [3.63, 3.8) is 0 Å². The van der Waals surface area contributed by atoms with Crippen LogP contribution >= 0.6 is 0 Å². The molecule has 0 saturated carbocycles. The van der Waals surface area contributed by atoms with E-state index in [1.54, 1.807) is 37.3 Å². The molecule has 5 nitrogen and oxygen atoms in total. The number of nitrogens with one attached hydrogen (secondary N) is 2. The lowest BCUT2D eigenvalue weighted by molar-refractivity contribution is -0.928. The zero-order valence-electron chi connectivity index (χ0n) is 15.6. The number of benzene rings is 1. The van der Waals surface area contributed by atoms with Crippen LogP contribution in [0.25, 0.3) is 6.08 Å². The lowest BCUT2D eigenvalue weighted by Crippen LogP contribution is -3.16. The van der Waals surface area contributed by atoms with Gasteiger partial charge in [0.1, 0.15) is 11.5 Å². The summed E-state index contributed by atoms with van der Waals surface area (Å²) in [7, 11) is 3.22. The summed E-state index contributed by atoms with van der Waals surface area (Å²) >= 11 is 0. The molecule has 5 heteroatoms. The van der Waals surface area contributed by atoms with E-state index in [0.717, 1.165) is 31.1 Å². The predicted molar refractivity (Wildman–Crippen MR) is 100 cm³/mol. The molecule has 2 N–H and O–H groups in total. The Bertz CT molecular complexity index is 564. The molecule has 1 unspecified atom stereocenters. The first-order valence-corrected chi connectivity index (χ1v) is 9.16. The number of hydrogen-bond acceptors (Lipinski definition) is 3. The molecule has 25 heavy (non-hydrogen) atoms. The van der Waals surface area contributed by atoms with Crippen molar-refractivity contribution in [1.29, 1.82) is 0 Å². The summed E-state index contributed by atoms with van der Waals surface area (Å²) in [6.07, 6.45) is 8.38. The summed E-state index contributed by atoms with van der Waals surface area (Å²) in [6, 6.07) is 6.30. The number of amides is 1. The van der Waals surface area contributed by atoms with Gasteiger partial charge in [-0.3, -0.25) is 4.79 Å². The quantitative estimate of drug-likeness (QED) is 0.556. The molecule has 0 radical (unpaired) electrons. The van der Waals surface area contributed by atoms with E-state index in [2.05, 4.69) is 12.2 Å². The lowest BCUT2D eigenvalue weighted by atomic mass is 10.0. The Morgan fingerprint density at radius 3 is 2.60 bits per heavy atom. The molecule has 0 aliphatic carbocycles. The fourth-order valence-electron chi connectivity index (χ4n) is 3.31. The summed E-state index contributed by atoms with van der Waals surface area (Å²) in [5.41, 5.74) is 0.873. The molecule has 1 fully saturated rings. The van der Waals surface area contributed by atoms with Gasteiger partial charge in [-0.2, -0.15) is 0 Å². The van der Waals surface area contributed by atoms with Crippen molar-refractivity contribution in [3.05, 3.63) is 29.8 Å². The van der Waals surface area contributed by atoms with Crippen molar-refractivity contribution in [1.82, 2.24) is 5.32 Å². The minimum absolute atomic E-state index is 0.0662. The molecule has 1 heterocycles. The SMILES string of the molecule is COc1cc(/C=C/C(=O)NCCC[NH+]2CCCC[C@@H]2C)cc(OC)c1. The van der Waals surface area contributed by atoms with E-state index >= 15 is 0 Å². The van der Waals surface area contributed by atoms with E-state index in [1.165, 1.54) is 25.8 Å². The Morgan fingerprint density at radius 2 is 1.96 bits per heavy atom. The van der Waals surface area contributed by atoms with Crippen LogP contribution < -0.4 is 19.7 Å². The van der Waals surface area contributed by atoms with E-state index in [1.807, 2.05) is 12.1 Å². The fourth-order valence-corrected chi connectivity index (χ4v) is 3.31. The third-order valence-electron chi connectivity index (χ3n) is 4.86. The van der Waals surface area contributed by atoms with Gasteiger partial charge in [-0.15, -0.1) is 0 Å². The van der Waals surface area contributed by atoms with Gasteiger partial charge in [-0.25, -0.2) is 0 Å². The molecular formula is C20H31N2O3+. The predicted octanol–water partition coefficient (Wildman–Crippen LogP) is 1.68. The molecular weight excluding hydrogens is 316 g/mol. The van der Waals surface area contributed by atoms with Gasteiger partial charge in [0.25, 0.3) is 0 Å². The maximum atomic E-state index is 12.0. The Kier molecular flexibility index (Phi) is 7.79. The van der Waals surface area contributed by atoms with Gasteiger partial charge >= 0.3 is 0 Å². The van der Waals surface area contributed by atoms with Gasteiger partial charge in [0, 0.05) is 25.1 Å². The van der Waals surface area contributed by atoms with E-state index in [-0.39, 0.29) is 5.91 Å². The first kappa shape index (κ1) is 19.3. The highest BCUT2D eigenvalue weighted by Crippen LogP contribution is 2.23. The van der Waals surface area contributed by atoms with Crippen LogP contribution in [0.15, 0.2) is 24.3 Å². The second-order valence-corrected chi connectivity index (χ2v) is 6.68. The van der Waals surface area contributed by atoms with E-state index < -0.39 is 0 Å². The average molecular weight is 347 g/mol. The lowest BCUT2D eigenvalue weighted by Gasteiger charge is -2.30. The van der Waals surface area contributed by atoms with Crippen molar-refractivity contribution in [2.75, 3.05) is 33.9 Å². The zero-order chi connectivity index (χ0) is 18.1. The van der Waals surface area contributed by atoms with Crippen LogP contribution in [0.5, 0.6) is 11.5 Å². The van der Waals surface area contributed by atoms with Crippen molar-refractivity contribution < 1.29 is 19.2 Å². The third-order valence-corrected chi connectivity index (χ3v) is 4.86. The number of quaternary nitrogens is 1. The summed E-state index contributed by atoms with van der Waals surface area (Å²) in [5, 5.41) is 2.96. The van der Waals surface area contributed by atoms with Crippen LogP contribution in [0.4, 0.5) is 0 Å². The van der Waals surface area contributed by atoms with Crippen molar-refractivity contribution in [2.45, 2.75) is 38.6 Å². The molecule has 1 saturated heterocycles. The number of ether oxygens (including phenoxy) is 2. The largest absolute Gasteiger partial charge is 0.497 e. The topological polar surface area (TPSA) is 52.0 Å². The number of hydrogen-bond donors (Lipinski definition) is 2. The Balaban J connectivity index is 1.75. The Morgan fingerprint density at radius 1 is 1.24 bits per heavy atom. The molecule has 1 amide bonds. The van der Waals surface area contributed by atoms with Crippen LogP contribution in [-0.2, 0) is 4.79 Å². The minimum atomic E-state index is -0.0662. The van der Waals surface area contributed by atoms with Crippen LogP contribution in [0.1, 0.15) is 38.2 Å². The van der Waals surface area contributed by atoms with E-state index in [0.29, 0.717) is 11.5 Å². The van der Waals surface area contributed by atoms with Gasteiger partial charge in [-0.05, 0) is 50.0 Å². The maximum Gasteiger partial charge on any atom is 0.244 e. The van der Waals surface area contributed by atoms with Crippen molar-refractivity contribution >= 4 is 12.0 Å². The molecule has 1 aliphatic rings. The average Bonchev–Trinajstić information content (AvgIpc) is 2.64. The summed E-state index contributed by atoms with van der Waals surface area (Å²) in [4.78, 5) is 13.7. The molecule has 0 aromatic heterocycles. The highest BCUT2D eigenvalue weighted by Gasteiger charge is 2.20. The van der Waals surface area contributed by atoms with Crippen molar-refractivity contribution in [3.8, 4) is 11.5 Å². The third kappa shape index (κ3) is 6.42. The van der Waals surface area contributed by atoms with Gasteiger partial charge < -0.3 is 19.7 Å². The summed E-state index contributed by atoms with van der Waals surface area (Å²) < 4.78 is 10.5. The van der Waals surface area contributed by atoms with Crippen LogP contribution in [0.3, 0.4) is 0 Å². The molecule has 1 aromatic rings. The zero-order valence-corrected chi connectivity index (χ0v) is 15.6. The second-order valence-electron chi connectivity index (χ2n) is 6.68. The second kappa shape index (κ2) is 10.1. The number of piperidine rings is 1. The highest BCUT2D eigenvalue weighted by molar-refractivity contribution is 5.91. The molecule has 1 aliphatic heterocycles. The van der Waals surface area contributed by atoms with Crippen LogP contribution in [0.2, 0.25) is 0 Å². The van der Waals surface area contributed by atoms with Crippen LogP contribution in [0, 0.1) is 0 Å². The van der Waals surface area contributed by atoms with Gasteiger partial charge in [0.2, 0.25) is 5.91 Å². The number of rotatable bonds is 8. The number of carbonyl (C=O) groups excluding carboxylic acids is 1. The standard InChI is InChI=1S/C20H30N2O3/c1-16-7-4-5-11-22(16)12-6-10-21-20(23)9-8-17-13-18(24-2)15-19(14-17)25-3/h8-9,13-16H,4-7,10-12H2,1-3H3,(H,21,23)/p+1/b9-8+/t16-/m0/s1. The van der Waals surface area contributed by atoms with Crippen molar-refractivity contribution in [2.24, 2.45) is 0 Å². The smallest absolute Gasteiger partial charge is 0.244 e. The van der Waals surface area contributed by atoms with Gasteiger partial charge in [-0.1, -0.05) is 0 Å². The van der Waals surface area contributed by atoms with E-state index in [9.17, 15) is 4.79 Å². The summed E-state index contributed by atoms with van der Waals surface area (Å²) in [5.74, 6) is 1.35. The molecule has 0 spiro atoms.